The van der Waals surface area contributed by atoms with Crippen molar-refractivity contribution in [3.63, 3.8) is 0 Å². The predicted octanol–water partition coefficient (Wildman–Crippen LogP) is 5.12. The summed E-state index contributed by atoms with van der Waals surface area (Å²) in [5.74, 6) is 2.11. The highest BCUT2D eigenvalue weighted by atomic mass is 16.5. The molecule has 3 aromatic rings. The first kappa shape index (κ1) is 24.3. The van der Waals surface area contributed by atoms with Crippen molar-refractivity contribution in [3.8, 4) is 5.75 Å². The zero-order valence-electron chi connectivity index (χ0n) is 20.8. The molecule has 0 spiro atoms. The van der Waals surface area contributed by atoms with Crippen molar-refractivity contribution < 1.29 is 14.6 Å². The Bertz CT molecular complexity index is 1120. The number of aryl methyl sites for hydroxylation is 1. The molecule has 1 aromatic heterocycles. The first-order valence-electron chi connectivity index (χ1n) is 12.4. The Hall–Kier alpha value is -2.86. The van der Waals surface area contributed by atoms with Gasteiger partial charge in [-0.15, -0.1) is 0 Å². The van der Waals surface area contributed by atoms with Gasteiger partial charge in [-0.3, -0.25) is 4.79 Å². The molecule has 0 aliphatic heterocycles. The number of aromatic nitrogens is 2. The van der Waals surface area contributed by atoms with Gasteiger partial charge in [-0.05, 0) is 63.1 Å². The molecule has 1 aliphatic carbocycles. The molecule has 2 N–H and O–H groups in total. The van der Waals surface area contributed by atoms with Crippen LogP contribution in [-0.2, 0) is 16.8 Å². The molecule has 1 heterocycles. The quantitative estimate of drug-likeness (QED) is 0.432. The molecular weight excluding hydrogens is 426 g/mol. The Balaban J connectivity index is 1.90. The number of aliphatic hydroxyl groups is 1. The number of hydrogen-bond donors (Lipinski definition) is 2. The lowest BCUT2D eigenvalue weighted by atomic mass is 9.86. The number of carbonyl (C=O) groups is 1. The van der Waals surface area contributed by atoms with Crippen LogP contribution in [0, 0.1) is 5.92 Å². The van der Waals surface area contributed by atoms with Crippen LogP contribution in [0.2, 0.25) is 0 Å². The summed E-state index contributed by atoms with van der Waals surface area (Å²) in [5, 5.41) is 14.7. The van der Waals surface area contributed by atoms with Crippen LogP contribution in [0.4, 0.5) is 0 Å². The van der Waals surface area contributed by atoms with Crippen LogP contribution in [-0.4, -0.2) is 34.2 Å². The van der Waals surface area contributed by atoms with E-state index in [0.717, 1.165) is 53.6 Å². The van der Waals surface area contributed by atoms with Gasteiger partial charge in [0.25, 0.3) is 0 Å². The first-order chi connectivity index (χ1) is 16.4. The second kappa shape index (κ2) is 10.2. The molecule has 0 bridgehead atoms. The van der Waals surface area contributed by atoms with E-state index in [1.165, 1.54) is 12.8 Å². The SMILES string of the molecule is COc1ccc2c(nc(C(C)(O)c3ccccc3)n2C2CCCC(C)C2)c1CCC(C)NC=O. The van der Waals surface area contributed by atoms with E-state index in [-0.39, 0.29) is 12.1 Å². The highest BCUT2D eigenvalue weighted by molar-refractivity contribution is 5.83. The van der Waals surface area contributed by atoms with Crippen LogP contribution in [0.5, 0.6) is 5.75 Å². The summed E-state index contributed by atoms with van der Waals surface area (Å²) >= 11 is 0. The van der Waals surface area contributed by atoms with E-state index in [9.17, 15) is 9.90 Å². The normalized spacial score (nSPS) is 21.1. The highest BCUT2D eigenvalue weighted by Crippen LogP contribution is 2.41. The molecule has 34 heavy (non-hydrogen) atoms. The number of benzene rings is 2. The van der Waals surface area contributed by atoms with E-state index >= 15 is 0 Å². The number of rotatable bonds is 9. The Kier molecular flexibility index (Phi) is 7.27. The number of carbonyl (C=O) groups excluding carboxylic acids is 1. The topological polar surface area (TPSA) is 76.4 Å². The number of nitrogens with one attached hydrogen (secondary N) is 1. The molecule has 2 aromatic carbocycles. The third-order valence-electron chi connectivity index (χ3n) is 7.37. The monoisotopic (exact) mass is 463 g/mol. The first-order valence-corrected chi connectivity index (χ1v) is 12.4. The van der Waals surface area contributed by atoms with Crippen molar-refractivity contribution in [2.75, 3.05) is 7.11 Å². The summed E-state index contributed by atoms with van der Waals surface area (Å²) in [6, 6.07) is 14.2. The Morgan fingerprint density at radius 2 is 2.03 bits per heavy atom. The highest BCUT2D eigenvalue weighted by Gasteiger charge is 2.36. The van der Waals surface area contributed by atoms with E-state index in [0.29, 0.717) is 18.2 Å². The standard InChI is InChI=1S/C28H37N3O3/c1-19-9-8-12-22(17-19)31-24-15-16-25(34-4)23(14-13-20(2)29-18-32)26(24)30-27(31)28(3,33)21-10-6-5-7-11-21/h5-7,10-11,15-16,18-20,22,33H,8-9,12-14,17H2,1-4H3,(H,29,32). The van der Waals surface area contributed by atoms with Gasteiger partial charge in [-0.1, -0.05) is 50.1 Å². The molecular formula is C28H37N3O3. The zero-order chi connectivity index (χ0) is 24.3. The molecule has 4 unspecified atom stereocenters. The van der Waals surface area contributed by atoms with Gasteiger partial charge in [-0.25, -0.2) is 4.98 Å². The van der Waals surface area contributed by atoms with Gasteiger partial charge >= 0.3 is 0 Å². The summed E-state index contributed by atoms with van der Waals surface area (Å²) in [6.07, 6.45) is 6.81. The Labute approximate surface area is 202 Å². The second-order valence-corrected chi connectivity index (χ2v) is 10.0. The number of methoxy groups -OCH3 is 1. The van der Waals surface area contributed by atoms with Gasteiger partial charge in [-0.2, -0.15) is 0 Å². The van der Waals surface area contributed by atoms with E-state index in [1.807, 2.05) is 50.2 Å². The van der Waals surface area contributed by atoms with Crippen molar-refractivity contribution in [1.82, 2.24) is 14.9 Å². The number of hydrogen-bond acceptors (Lipinski definition) is 4. The number of ether oxygens (including phenoxy) is 1. The number of imidazole rings is 1. The average Bonchev–Trinajstić information content (AvgIpc) is 3.24. The van der Waals surface area contributed by atoms with E-state index < -0.39 is 5.60 Å². The van der Waals surface area contributed by atoms with Crippen LogP contribution in [0.25, 0.3) is 11.0 Å². The fraction of sp³-hybridized carbons (Fsp3) is 0.500. The molecule has 0 saturated heterocycles. The van der Waals surface area contributed by atoms with Crippen molar-refractivity contribution in [2.45, 2.75) is 77.0 Å². The summed E-state index contributed by atoms with van der Waals surface area (Å²) in [7, 11) is 1.68. The molecule has 1 aliphatic rings. The summed E-state index contributed by atoms with van der Waals surface area (Å²) < 4.78 is 8.03. The Morgan fingerprint density at radius 1 is 1.26 bits per heavy atom. The zero-order valence-corrected chi connectivity index (χ0v) is 20.8. The molecule has 6 nitrogen and oxygen atoms in total. The van der Waals surface area contributed by atoms with Gasteiger partial charge < -0.3 is 19.7 Å². The van der Waals surface area contributed by atoms with Crippen LogP contribution in [0.15, 0.2) is 42.5 Å². The van der Waals surface area contributed by atoms with E-state index in [4.69, 9.17) is 9.72 Å². The van der Waals surface area contributed by atoms with E-state index in [2.05, 4.69) is 22.9 Å². The van der Waals surface area contributed by atoms with Crippen LogP contribution < -0.4 is 10.1 Å². The van der Waals surface area contributed by atoms with Crippen molar-refractivity contribution in [1.29, 1.82) is 0 Å². The maximum atomic E-state index is 11.9. The van der Waals surface area contributed by atoms with E-state index in [1.54, 1.807) is 7.11 Å². The fourth-order valence-corrected chi connectivity index (χ4v) is 5.43. The minimum atomic E-state index is -1.24. The van der Waals surface area contributed by atoms with Gasteiger partial charge in [0, 0.05) is 17.6 Å². The van der Waals surface area contributed by atoms with Gasteiger partial charge in [0.15, 0.2) is 0 Å². The molecule has 1 saturated carbocycles. The molecule has 4 rings (SSSR count). The average molecular weight is 464 g/mol. The van der Waals surface area contributed by atoms with Crippen molar-refractivity contribution in [3.05, 3.63) is 59.4 Å². The van der Waals surface area contributed by atoms with Crippen molar-refractivity contribution in [2.24, 2.45) is 5.92 Å². The molecule has 6 heteroatoms. The number of amides is 1. The summed E-state index contributed by atoms with van der Waals surface area (Å²) in [6.45, 7) is 6.16. The maximum absolute atomic E-state index is 11.9. The van der Waals surface area contributed by atoms with Crippen LogP contribution >= 0.6 is 0 Å². The number of fused-ring (bicyclic) bond motifs is 1. The smallest absolute Gasteiger partial charge is 0.207 e. The third-order valence-corrected chi connectivity index (χ3v) is 7.37. The fourth-order valence-electron chi connectivity index (χ4n) is 5.43. The molecule has 1 amide bonds. The van der Waals surface area contributed by atoms with Gasteiger partial charge in [0.2, 0.25) is 6.41 Å². The van der Waals surface area contributed by atoms with Gasteiger partial charge in [0.05, 0.1) is 18.1 Å². The Morgan fingerprint density at radius 3 is 2.71 bits per heavy atom. The summed E-state index contributed by atoms with van der Waals surface area (Å²) in [5.41, 5.74) is 2.52. The third kappa shape index (κ3) is 4.69. The number of nitrogens with zero attached hydrogens (tertiary/aromatic N) is 2. The lowest BCUT2D eigenvalue weighted by Gasteiger charge is -2.33. The molecule has 182 valence electrons. The molecule has 1 fully saturated rings. The lowest BCUT2D eigenvalue weighted by Crippen LogP contribution is -2.30. The largest absolute Gasteiger partial charge is 0.496 e. The molecule has 0 radical (unpaired) electrons. The summed E-state index contributed by atoms with van der Waals surface area (Å²) in [4.78, 5) is 16.0. The van der Waals surface area contributed by atoms with Crippen LogP contribution in [0.1, 0.15) is 75.9 Å². The lowest BCUT2D eigenvalue weighted by molar-refractivity contribution is -0.110. The van der Waals surface area contributed by atoms with Gasteiger partial charge in [0.1, 0.15) is 17.2 Å². The van der Waals surface area contributed by atoms with Crippen molar-refractivity contribution >= 4 is 17.4 Å². The van der Waals surface area contributed by atoms with Crippen LogP contribution in [0.3, 0.4) is 0 Å². The predicted molar refractivity (Wildman–Crippen MR) is 135 cm³/mol. The minimum absolute atomic E-state index is 0.0469. The second-order valence-electron chi connectivity index (χ2n) is 10.0. The maximum Gasteiger partial charge on any atom is 0.207 e. The minimum Gasteiger partial charge on any atom is -0.496 e. The molecule has 4 atom stereocenters.